The first-order valence-electron chi connectivity index (χ1n) is 12.2. The molecule has 0 saturated carbocycles. The number of halogens is 2. The van der Waals surface area contributed by atoms with E-state index in [9.17, 15) is 18.0 Å². The molecule has 0 fully saturated rings. The van der Waals surface area contributed by atoms with Crippen molar-refractivity contribution in [3.63, 3.8) is 0 Å². The molecule has 11 heteroatoms. The molecule has 39 heavy (non-hydrogen) atoms. The van der Waals surface area contributed by atoms with Gasteiger partial charge in [0.25, 0.3) is 10.0 Å². The second-order valence-electron chi connectivity index (χ2n) is 9.11. The third-order valence-corrected chi connectivity index (χ3v) is 8.50. The second-order valence-corrected chi connectivity index (χ2v) is 11.8. The number of rotatable bonds is 11. The van der Waals surface area contributed by atoms with E-state index in [2.05, 4.69) is 5.32 Å². The molecule has 2 amide bonds. The summed E-state index contributed by atoms with van der Waals surface area (Å²) in [5, 5.41) is 2.94. The van der Waals surface area contributed by atoms with Crippen molar-refractivity contribution in [3.05, 3.63) is 88.4 Å². The van der Waals surface area contributed by atoms with Gasteiger partial charge in [-0.2, -0.15) is 0 Å². The first kappa shape index (κ1) is 30.3. The summed E-state index contributed by atoms with van der Waals surface area (Å²) in [4.78, 5) is 28.2. The monoisotopic (exact) mass is 591 g/mol. The molecule has 0 aromatic heterocycles. The lowest BCUT2D eigenvalue weighted by Crippen LogP contribution is -2.52. The highest BCUT2D eigenvalue weighted by Crippen LogP contribution is 2.35. The molecule has 0 unspecified atom stereocenters. The Morgan fingerprint density at radius 2 is 1.56 bits per heavy atom. The number of nitrogens with zero attached hydrogens (tertiary/aromatic N) is 2. The number of methoxy groups -OCH3 is 1. The van der Waals surface area contributed by atoms with Crippen LogP contribution in [0.5, 0.6) is 5.75 Å². The number of amides is 2. The highest BCUT2D eigenvalue weighted by atomic mass is 35.5. The van der Waals surface area contributed by atoms with E-state index < -0.39 is 28.5 Å². The minimum absolute atomic E-state index is 0.0150. The number of sulfonamides is 1. The molecule has 208 valence electrons. The van der Waals surface area contributed by atoms with Gasteiger partial charge in [-0.3, -0.25) is 13.9 Å². The van der Waals surface area contributed by atoms with Crippen LogP contribution in [0, 0.1) is 0 Å². The van der Waals surface area contributed by atoms with E-state index in [1.807, 2.05) is 13.8 Å². The van der Waals surface area contributed by atoms with Crippen LogP contribution in [-0.2, 0) is 26.2 Å². The molecule has 0 aliphatic carbocycles. The van der Waals surface area contributed by atoms with Gasteiger partial charge < -0.3 is 15.0 Å². The van der Waals surface area contributed by atoms with Gasteiger partial charge in [0.05, 0.1) is 27.7 Å². The molecule has 0 bridgehead atoms. The zero-order valence-electron chi connectivity index (χ0n) is 22.1. The van der Waals surface area contributed by atoms with Crippen LogP contribution in [0.25, 0.3) is 0 Å². The number of hydrogen-bond acceptors (Lipinski definition) is 5. The Morgan fingerprint density at radius 1 is 0.923 bits per heavy atom. The Morgan fingerprint density at radius 3 is 2.15 bits per heavy atom. The molecule has 0 aliphatic rings. The van der Waals surface area contributed by atoms with Gasteiger partial charge >= 0.3 is 0 Å². The van der Waals surface area contributed by atoms with E-state index >= 15 is 0 Å². The molecular weight excluding hydrogens is 561 g/mol. The molecule has 0 spiro atoms. The summed E-state index contributed by atoms with van der Waals surface area (Å²) in [6.07, 6.45) is 0. The molecule has 8 nitrogen and oxygen atoms in total. The summed E-state index contributed by atoms with van der Waals surface area (Å²) in [5.74, 6) is -0.337. The summed E-state index contributed by atoms with van der Waals surface area (Å²) in [5.41, 5.74) is 0.775. The molecule has 3 aromatic carbocycles. The molecule has 1 N–H and O–H groups in total. The van der Waals surface area contributed by atoms with Gasteiger partial charge in [0, 0.05) is 12.6 Å². The summed E-state index contributed by atoms with van der Waals surface area (Å²) >= 11 is 12.6. The number of nitrogens with one attached hydrogen (secondary N) is 1. The van der Waals surface area contributed by atoms with Crippen molar-refractivity contribution in [1.29, 1.82) is 0 Å². The van der Waals surface area contributed by atoms with Gasteiger partial charge in [-0.25, -0.2) is 8.42 Å². The van der Waals surface area contributed by atoms with Crippen molar-refractivity contribution >= 4 is 50.7 Å². The summed E-state index contributed by atoms with van der Waals surface area (Å²) in [6, 6.07) is 18.3. The van der Waals surface area contributed by atoms with Gasteiger partial charge in [-0.15, -0.1) is 0 Å². The SMILES string of the molecule is COc1ccc(CN(C(=O)CN(c2cccc(Cl)c2Cl)S(=O)(=O)c2ccccc2)[C@@H](C)C(=O)NC(C)C)cc1. The van der Waals surface area contributed by atoms with Crippen molar-refractivity contribution in [2.24, 2.45) is 0 Å². The van der Waals surface area contributed by atoms with E-state index in [0.29, 0.717) is 5.75 Å². The Kier molecular flexibility index (Phi) is 10.2. The standard InChI is InChI=1S/C28H31Cl2N3O5S/c1-19(2)31-28(35)20(3)32(17-21-13-15-22(38-4)16-14-21)26(34)18-33(25-12-8-11-24(29)27(25)30)39(36,37)23-9-6-5-7-10-23/h5-16,19-20H,17-18H2,1-4H3,(H,31,35)/t20-/m0/s1. The lowest BCUT2D eigenvalue weighted by atomic mass is 10.1. The maximum atomic E-state index is 13.9. The van der Waals surface area contributed by atoms with Crippen LogP contribution in [0.4, 0.5) is 5.69 Å². The Labute approximate surface area is 239 Å². The van der Waals surface area contributed by atoms with Crippen molar-refractivity contribution in [2.75, 3.05) is 18.0 Å². The van der Waals surface area contributed by atoms with E-state index in [4.69, 9.17) is 27.9 Å². The molecule has 3 rings (SSSR count). The van der Waals surface area contributed by atoms with Crippen molar-refractivity contribution in [2.45, 2.75) is 44.3 Å². The van der Waals surface area contributed by atoms with E-state index in [-0.39, 0.29) is 39.1 Å². The smallest absolute Gasteiger partial charge is 0.264 e. The molecule has 0 heterocycles. The minimum Gasteiger partial charge on any atom is -0.497 e. The highest BCUT2D eigenvalue weighted by molar-refractivity contribution is 7.92. The third kappa shape index (κ3) is 7.44. The average Bonchev–Trinajstić information content (AvgIpc) is 2.92. The lowest BCUT2D eigenvalue weighted by Gasteiger charge is -2.32. The molecule has 1 atom stereocenters. The normalized spacial score (nSPS) is 12.1. The van der Waals surface area contributed by atoms with Crippen LogP contribution in [0.15, 0.2) is 77.7 Å². The highest BCUT2D eigenvalue weighted by Gasteiger charge is 2.33. The maximum absolute atomic E-state index is 13.9. The van der Waals surface area contributed by atoms with Crippen LogP contribution in [0.1, 0.15) is 26.3 Å². The minimum atomic E-state index is -4.24. The quantitative estimate of drug-likeness (QED) is 0.333. The number of benzene rings is 3. The fraction of sp³-hybridized carbons (Fsp3) is 0.286. The summed E-state index contributed by atoms with van der Waals surface area (Å²) in [7, 11) is -2.70. The van der Waals surface area contributed by atoms with Gasteiger partial charge in [0.1, 0.15) is 18.3 Å². The number of ether oxygens (including phenoxy) is 1. The number of anilines is 1. The average molecular weight is 593 g/mol. The zero-order valence-corrected chi connectivity index (χ0v) is 24.4. The first-order valence-corrected chi connectivity index (χ1v) is 14.4. The van der Waals surface area contributed by atoms with Gasteiger partial charge in [0.2, 0.25) is 11.8 Å². The molecular formula is C28H31Cl2N3O5S. The van der Waals surface area contributed by atoms with Crippen molar-refractivity contribution in [3.8, 4) is 5.75 Å². The molecule has 0 aliphatic heterocycles. The van der Waals surface area contributed by atoms with Gasteiger partial charge in [0.15, 0.2) is 0 Å². The molecule has 0 saturated heterocycles. The second kappa shape index (κ2) is 13.2. The van der Waals surface area contributed by atoms with E-state index in [1.165, 1.54) is 29.2 Å². The fourth-order valence-electron chi connectivity index (χ4n) is 3.83. The maximum Gasteiger partial charge on any atom is 0.264 e. The van der Waals surface area contributed by atoms with Crippen LogP contribution in [-0.4, -0.2) is 50.9 Å². The summed E-state index contributed by atoms with van der Waals surface area (Å²) in [6.45, 7) is 4.66. The van der Waals surface area contributed by atoms with Gasteiger partial charge in [-0.05, 0) is 62.7 Å². The topological polar surface area (TPSA) is 96.0 Å². The van der Waals surface area contributed by atoms with Crippen LogP contribution in [0.2, 0.25) is 10.0 Å². The van der Waals surface area contributed by atoms with Crippen molar-refractivity contribution in [1.82, 2.24) is 10.2 Å². The first-order chi connectivity index (χ1) is 18.4. The molecule has 0 radical (unpaired) electrons. The van der Waals surface area contributed by atoms with Crippen LogP contribution < -0.4 is 14.4 Å². The van der Waals surface area contributed by atoms with E-state index in [1.54, 1.807) is 62.6 Å². The fourth-order valence-corrected chi connectivity index (χ4v) is 5.73. The predicted octanol–water partition coefficient (Wildman–Crippen LogP) is 5.14. The predicted molar refractivity (Wildman–Crippen MR) is 154 cm³/mol. The number of hydrogen-bond donors (Lipinski definition) is 1. The van der Waals surface area contributed by atoms with Gasteiger partial charge in [-0.1, -0.05) is 59.6 Å². The van der Waals surface area contributed by atoms with E-state index in [0.717, 1.165) is 9.87 Å². The Balaban J connectivity index is 2.05. The van der Waals surface area contributed by atoms with Crippen molar-refractivity contribution < 1.29 is 22.7 Å². The third-order valence-electron chi connectivity index (χ3n) is 5.92. The Hall–Kier alpha value is -3.27. The van der Waals surface area contributed by atoms with Crippen LogP contribution in [0.3, 0.4) is 0 Å². The summed E-state index contributed by atoms with van der Waals surface area (Å²) < 4.78 is 33.7. The number of carbonyl (C=O) groups excluding carboxylic acids is 2. The van der Waals surface area contributed by atoms with Crippen LogP contribution >= 0.6 is 23.2 Å². The number of carbonyl (C=O) groups is 2. The molecule has 3 aromatic rings. The lowest BCUT2D eigenvalue weighted by molar-refractivity contribution is -0.139. The Bertz CT molecular complexity index is 1400. The zero-order chi connectivity index (χ0) is 28.7. The largest absolute Gasteiger partial charge is 0.497 e.